The van der Waals surface area contributed by atoms with Crippen LogP contribution in [0, 0.1) is 11.3 Å². The van der Waals surface area contributed by atoms with Crippen molar-refractivity contribution in [3.8, 4) is 11.5 Å². The first-order chi connectivity index (χ1) is 14.7. The van der Waals surface area contributed by atoms with Gasteiger partial charge >= 0.3 is 0 Å². The minimum atomic E-state index is -0.206. The number of phenols is 1. The Labute approximate surface area is 189 Å². The fourth-order valence-electron chi connectivity index (χ4n) is 9.51. The molecule has 4 nitrogen and oxygen atoms in total. The first kappa shape index (κ1) is 19.5. The fraction of sp³-hybridized carbons (Fsp3) is 0.739. The maximum Gasteiger partial charge on any atom is 0.165 e. The van der Waals surface area contributed by atoms with Crippen molar-refractivity contribution < 1.29 is 14.6 Å². The van der Waals surface area contributed by atoms with Crippen LogP contribution in [-0.4, -0.2) is 78.1 Å². The lowest BCUT2D eigenvalue weighted by Gasteiger charge is -2.73. The Morgan fingerprint density at radius 3 is 2.45 bits per heavy atom. The van der Waals surface area contributed by atoms with Crippen molar-refractivity contribution in [3.05, 3.63) is 11.1 Å². The molecule has 0 amide bonds. The predicted octanol–water partition coefficient (Wildman–Crippen LogP) is -2.17. The lowest BCUT2D eigenvalue weighted by atomic mass is 9.35. The number of aromatic hydroxyl groups is 1. The summed E-state index contributed by atoms with van der Waals surface area (Å²) in [4.78, 5) is 2.95. The van der Waals surface area contributed by atoms with Crippen LogP contribution in [0.1, 0.15) is 56.1 Å². The minimum Gasteiger partial charge on any atom is -0.505 e. The normalized spacial score (nSPS) is 42.4. The first-order valence-electron chi connectivity index (χ1n) is 12.6. The highest BCUT2D eigenvalue weighted by Crippen LogP contribution is 2.75. The zero-order valence-corrected chi connectivity index (χ0v) is 19.8. The van der Waals surface area contributed by atoms with E-state index in [2.05, 4.69) is 36.3 Å². The third-order valence-corrected chi connectivity index (χ3v) is 11.5. The van der Waals surface area contributed by atoms with E-state index in [9.17, 15) is 5.11 Å². The van der Waals surface area contributed by atoms with Gasteiger partial charge in [0.25, 0.3) is 0 Å². The summed E-state index contributed by atoms with van der Waals surface area (Å²) in [6.07, 6.45) is 9.71. The van der Waals surface area contributed by atoms with Crippen LogP contribution >= 0.6 is 0 Å². The molecule has 8 heteroatoms. The van der Waals surface area contributed by atoms with Gasteiger partial charge in [-0.2, -0.15) is 0 Å². The van der Waals surface area contributed by atoms with Crippen molar-refractivity contribution in [2.45, 2.75) is 79.9 Å². The van der Waals surface area contributed by atoms with Crippen LogP contribution in [0.4, 0.5) is 0 Å². The Balaban J connectivity index is 1.52. The van der Waals surface area contributed by atoms with Gasteiger partial charge < -0.3 is 19.5 Å². The number of rotatable bonds is 3. The Kier molecular flexibility index (Phi) is 3.49. The summed E-state index contributed by atoms with van der Waals surface area (Å²) in [7, 11) is 11.2. The number of nitrogens with zero attached hydrogens (tertiary/aromatic N) is 1. The summed E-state index contributed by atoms with van der Waals surface area (Å²) in [5.74, 6) is 2.05. The van der Waals surface area contributed by atoms with Gasteiger partial charge in [-0.3, -0.25) is 0 Å². The van der Waals surface area contributed by atoms with E-state index in [-0.39, 0.29) is 27.9 Å². The number of hydrogen-bond donors (Lipinski definition) is 1. The molecular weight excluding hydrogens is 382 g/mol. The van der Waals surface area contributed by atoms with Crippen molar-refractivity contribution in [2.24, 2.45) is 11.3 Å². The monoisotopic (exact) mass is 415 g/mol. The quantitative estimate of drug-likeness (QED) is 0.572. The topological polar surface area (TPSA) is 41.9 Å². The van der Waals surface area contributed by atoms with Gasteiger partial charge in [-0.25, -0.2) is 0 Å². The average molecular weight is 415 g/mol. The van der Waals surface area contributed by atoms with E-state index in [1.807, 2.05) is 7.11 Å². The number of fused-ring (bicyclic) bond motifs is 2. The van der Waals surface area contributed by atoms with E-state index >= 15 is 0 Å². The molecule has 1 saturated heterocycles. The molecular formula is C23H33B4NO3. The van der Waals surface area contributed by atoms with Gasteiger partial charge in [0.15, 0.2) is 11.5 Å². The predicted molar refractivity (Wildman–Crippen MR) is 133 cm³/mol. The third kappa shape index (κ3) is 1.88. The molecule has 0 unspecified atom stereocenters. The van der Waals surface area contributed by atoms with Crippen molar-refractivity contribution >= 4 is 42.3 Å². The van der Waals surface area contributed by atoms with E-state index < -0.39 is 0 Å². The van der Waals surface area contributed by atoms with Crippen LogP contribution in [0.2, 0.25) is 0 Å². The highest BCUT2D eigenvalue weighted by molar-refractivity contribution is 6.51. The fourth-order valence-corrected chi connectivity index (χ4v) is 9.51. The summed E-state index contributed by atoms with van der Waals surface area (Å²) < 4.78 is 13.2. The van der Waals surface area contributed by atoms with Crippen LogP contribution < -0.4 is 15.7 Å². The summed E-state index contributed by atoms with van der Waals surface area (Å²) in [6.45, 7) is 1.14. The Morgan fingerprint density at radius 1 is 1.10 bits per heavy atom. The maximum absolute atomic E-state index is 11.2. The molecule has 4 bridgehead atoms. The minimum absolute atomic E-state index is 0.000829. The zero-order chi connectivity index (χ0) is 21.6. The summed E-state index contributed by atoms with van der Waals surface area (Å²) in [5.41, 5.74) is 5.21. The maximum atomic E-state index is 11.2. The zero-order valence-electron chi connectivity index (χ0n) is 19.8. The van der Waals surface area contributed by atoms with Gasteiger partial charge in [-0.15, -0.1) is 0 Å². The molecule has 5 aliphatic carbocycles. The van der Waals surface area contributed by atoms with E-state index in [0.29, 0.717) is 11.8 Å². The smallest absolute Gasteiger partial charge is 0.165 e. The second kappa shape index (κ2) is 5.55. The van der Waals surface area contributed by atoms with E-state index in [1.165, 1.54) is 42.3 Å². The molecule has 7 aliphatic rings. The molecule has 5 fully saturated rings. The highest BCUT2D eigenvalue weighted by atomic mass is 16.6. The van der Waals surface area contributed by atoms with Gasteiger partial charge in [0.05, 0.1) is 0 Å². The Morgan fingerprint density at radius 2 is 1.81 bits per heavy atom. The number of phenolic OH excluding ortho intramolecular Hbond substituents is 1. The van der Waals surface area contributed by atoms with Crippen LogP contribution in [-0.2, 0) is 16.6 Å². The number of ether oxygens (including phenoxy) is 2. The molecule has 1 aromatic carbocycles. The van der Waals surface area contributed by atoms with Crippen LogP contribution in [0.3, 0.4) is 0 Å². The van der Waals surface area contributed by atoms with Crippen molar-refractivity contribution in [1.82, 2.24) is 4.90 Å². The molecule has 160 valence electrons. The second-order valence-electron chi connectivity index (χ2n) is 12.3. The van der Waals surface area contributed by atoms with Crippen LogP contribution in [0.5, 0.6) is 11.5 Å². The summed E-state index contributed by atoms with van der Waals surface area (Å²) >= 11 is 0. The lowest BCUT2D eigenvalue weighted by Crippen LogP contribution is -2.81. The second-order valence-corrected chi connectivity index (χ2v) is 12.3. The molecule has 2 spiro atoms. The molecule has 4 saturated carbocycles. The molecule has 2 aliphatic heterocycles. The molecule has 1 N–H and O–H groups in total. The van der Waals surface area contributed by atoms with Crippen LogP contribution in [0.15, 0.2) is 0 Å². The molecule has 0 radical (unpaired) electrons. The van der Waals surface area contributed by atoms with Gasteiger partial charge in [-0.1, -0.05) is 10.9 Å². The summed E-state index contributed by atoms with van der Waals surface area (Å²) in [6, 6.07) is 0.569. The molecule has 0 aromatic heterocycles. The average Bonchev–Trinajstić information content (AvgIpc) is 3.56. The summed E-state index contributed by atoms with van der Waals surface area (Å²) in [5, 5.41) is 11.5. The SMILES string of the molecule is Bc1c(B)c2c3c(c1O)O[C@H]1[C@]4(OC)CC[C@]5(CC4)[C@@H](C2)N(C(B)(B)C2CC2)CC[C@]315. The van der Waals surface area contributed by atoms with Gasteiger partial charge in [0, 0.05) is 24.1 Å². The van der Waals surface area contributed by atoms with E-state index in [1.54, 1.807) is 0 Å². The van der Waals surface area contributed by atoms with Crippen LogP contribution in [0.25, 0.3) is 0 Å². The number of piperidine rings is 1. The van der Waals surface area contributed by atoms with E-state index in [0.717, 1.165) is 49.4 Å². The Bertz CT molecular complexity index is 1020. The number of methoxy groups -OCH3 is 1. The van der Waals surface area contributed by atoms with Crippen molar-refractivity contribution in [2.75, 3.05) is 13.7 Å². The highest BCUT2D eigenvalue weighted by Gasteiger charge is 2.79. The largest absolute Gasteiger partial charge is 0.505 e. The van der Waals surface area contributed by atoms with Gasteiger partial charge in [-0.05, 0) is 80.1 Å². The lowest BCUT2D eigenvalue weighted by molar-refractivity contribution is -0.254. The van der Waals surface area contributed by atoms with Crippen molar-refractivity contribution in [1.29, 1.82) is 0 Å². The third-order valence-electron chi connectivity index (χ3n) is 11.5. The van der Waals surface area contributed by atoms with Gasteiger partial charge in [0.1, 0.15) is 43.1 Å². The number of benzene rings is 1. The molecule has 8 rings (SSSR count). The standard InChI is InChI=1S/C23H33B4NO3/c1-30-21-6-4-20(5-7-21)13-10-12-14-18(17(29)16(25)15(12)24)31-19(21)22(14,20)8-9-28(13)23(26,27)11-2-3-11/h11,13,19,29H,2-10,24-27H2,1H3/t13-,19+,20-,21-,22+/m1/s1. The molecule has 3 atom stereocenters. The van der Waals surface area contributed by atoms with Gasteiger partial charge in [0.2, 0.25) is 0 Å². The number of hydrogen-bond acceptors (Lipinski definition) is 4. The molecule has 2 heterocycles. The number of likely N-dealkylation sites (tertiary alicyclic amines) is 1. The molecule has 31 heavy (non-hydrogen) atoms. The van der Waals surface area contributed by atoms with E-state index in [4.69, 9.17) is 9.47 Å². The molecule has 1 aromatic rings. The van der Waals surface area contributed by atoms with Crippen molar-refractivity contribution in [3.63, 3.8) is 0 Å². The first-order valence-corrected chi connectivity index (χ1v) is 12.6. The Hall–Kier alpha value is -1.00.